The van der Waals surface area contributed by atoms with E-state index in [-0.39, 0.29) is 35.1 Å². The molecule has 150 valence electrons. The molecule has 1 saturated heterocycles. The topological polar surface area (TPSA) is 99.7 Å². The third kappa shape index (κ3) is 5.21. The van der Waals surface area contributed by atoms with Gasteiger partial charge in [0.15, 0.2) is 0 Å². The van der Waals surface area contributed by atoms with Crippen LogP contribution in [0.5, 0.6) is 0 Å². The Morgan fingerprint density at radius 1 is 1.30 bits per heavy atom. The van der Waals surface area contributed by atoms with Crippen molar-refractivity contribution in [1.82, 2.24) is 15.4 Å². The van der Waals surface area contributed by atoms with Gasteiger partial charge in [-0.2, -0.15) is 0 Å². The van der Waals surface area contributed by atoms with Gasteiger partial charge in [0.25, 0.3) is 10.0 Å². The van der Waals surface area contributed by atoms with Crippen molar-refractivity contribution in [2.75, 3.05) is 13.1 Å². The average molecular weight is 415 g/mol. The first kappa shape index (κ1) is 21.7. The van der Waals surface area contributed by atoms with E-state index in [1.807, 2.05) is 0 Å². The molecule has 1 fully saturated rings. The van der Waals surface area contributed by atoms with Crippen molar-refractivity contribution in [2.45, 2.75) is 56.0 Å². The van der Waals surface area contributed by atoms with E-state index in [1.54, 1.807) is 24.3 Å². The quantitative estimate of drug-likeness (QED) is 0.657. The van der Waals surface area contributed by atoms with Crippen molar-refractivity contribution in [3.8, 4) is 0 Å². The number of nitrogens with zero attached hydrogens (tertiary/aromatic N) is 1. The van der Waals surface area contributed by atoms with Gasteiger partial charge in [0.05, 0.1) is 4.90 Å². The number of halogens is 1. The Bertz CT molecular complexity index is 792. The summed E-state index contributed by atoms with van der Waals surface area (Å²) in [6, 6.07) is 6.28. The maximum Gasteiger partial charge on any atom is 0.263 e. The van der Waals surface area contributed by atoms with E-state index in [4.69, 9.17) is 0 Å². The van der Waals surface area contributed by atoms with Crippen molar-refractivity contribution in [3.63, 3.8) is 0 Å². The number of piperidine rings is 1. The zero-order chi connectivity index (χ0) is 18.6. The Hall–Kier alpha value is -1.64. The van der Waals surface area contributed by atoms with Gasteiger partial charge in [-0.25, -0.2) is 8.42 Å². The molecule has 3 N–H and O–H groups in total. The van der Waals surface area contributed by atoms with Gasteiger partial charge in [-0.05, 0) is 44.5 Å². The molecule has 0 bridgehead atoms. The van der Waals surface area contributed by atoms with Gasteiger partial charge < -0.3 is 10.6 Å². The van der Waals surface area contributed by atoms with E-state index in [1.165, 1.54) is 0 Å². The fraction of sp³-hybridized carbons (Fsp3) is 0.556. The maximum absolute atomic E-state index is 12.8. The largest absolute Gasteiger partial charge is 0.351 e. The number of benzene rings is 1. The molecule has 0 aromatic heterocycles. The number of hydrogen-bond donors (Lipinski definition) is 3. The Balaban J connectivity index is 0.00000261. The van der Waals surface area contributed by atoms with Crippen LogP contribution in [0.15, 0.2) is 34.2 Å². The highest BCUT2D eigenvalue weighted by Gasteiger charge is 2.32. The van der Waals surface area contributed by atoms with Crippen molar-refractivity contribution < 1.29 is 13.2 Å². The van der Waals surface area contributed by atoms with Gasteiger partial charge in [0.1, 0.15) is 11.9 Å². The summed E-state index contributed by atoms with van der Waals surface area (Å²) in [7, 11) is -3.59. The number of aliphatic imine (C=N–C) groups is 1. The van der Waals surface area contributed by atoms with Crippen LogP contribution in [-0.4, -0.2) is 45.3 Å². The standard InChI is InChI=1S/C18H26N4O3S.ClH/c1-2-3-7-15(18(23)20-13-9-11-19-12-10-13)21-17-14-6-4-5-8-16(14)26(24,25)22-17;/h4-6,8,13,15,19H,2-3,7,9-12H2,1H3,(H,20,23)(H,21,22);1H. The molecule has 2 heterocycles. The van der Waals surface area contributed by atoms with Crippen molar-refractivity contribution in [3.05, 3.63) is 29.8 Å². The molecular weight excluding hydrogens is 388 g/mol. The van der Waals surface area contributed by atoms with Gasteiger partial charge >= 0.3 is 0 Å². The molecule has 1 atom stereocenters. The molecule has 7 nitrogen and oxygen atoms in total. The fourth-order valence-electron chi connectivity index (χ4n) is 3.30. The summed E-state index contributed by atoms with van der Waals surface area (Å²) < 4.78 is 27.0. The molecule has 0 saturated carbocycles. The third-order valence-electron chi connectivity index (χ3n) is 4.77. The number of fused-ring (bicyclic) bond motifs is 1. The lowest BCUT2D eigenvalue weighted by atomic mass is 10.0. The summed E-state index contributed by atoms with van der Waals surface area (Å²) >= 11 is 0. The normalized spacial score (nSPS) is 21.0. The summed E-state index contributed by atoms with van der Waals surface area (Å²) in [6.07, 6.45) is 4.21. The molecule has 0 aliphatic carbocycles. The van der Waals surface area contributed by atoms with Crippen LogP contribution in [0.2, 0.25) is 0 Å². The molecule has 27 heavy (non-hydrogen) atoms. The third-order valence-corrected chi connectivity index (χ3v) is 6.16. The van der Waals surface area contributed by atoms with E-state index in [0.717, 1.165) is 38.8 Å². The number of hydrogen-bond acceptors (Lipinski definition) is 5. The van der Waals surface area contributed by atoms with E-state index < -0.39 is 16.1 Å². The first-order valence-corrected chi connectivity index (χ1v) is 10.7. The number of unbranched alkanes of at least 4 members (excludes halogenated alkanes) is 1. The summed E-state index contributed by atoms with van der Waals surface area (Å²) in [4.78, 5) is 17.5. The number of amidine groups is 1. The highest BCUT2D eigenvalue weighted by Crippen LogP contribution is 2.23. The van der Waals surface area contributed by atoms with E-state index in [9.17, 15) is 13.2 Å². The predicted octanol–water partition coefficient (Wildman–Crippen LogP) is 1.57. The molecular formula is C18H27ClN4O3S. The second-order valence-corrected chi connectivity index (χ2v) is 8.42. The summed E-state index contributed by atoms with van der Waals surface area (Å²) in [5.74, 6) is 0.142. The van der Waals surface area contributed by atoms with E-state index in [2.05, 4.69) is 27.3 Å². The average Bonchev–Trinajstić information content (AvgIpc) is 2.90. The number of carbonyl (C=O) groups is 1. The van der Waals surface area contributed by atoms with Gasteiger partial charge in [-0.1, -0.05) is 31.9 Å². The molecule has 1 aromatic carbocycles. The molecule has 0 spiro atoms. The summed E-state index contributed by atoms with van der Waals surface area (Å²) in [5.41, 5.74) is 0.531. The number of rotatable bonds is 6. The minimum atomic E-state index is -3.59. The first-order valence-electron chi connectivity index (χ1n) is 9.22. The van der Waals surface area contributed by atoms with Gasteiger partial charge in [-0.15, -0.1) is 12.4 Å². The van der Waals surface area contributed by atoms with Crippen LogP contribution >= 0.6 is 12.4 Å². The summed E-state index contributed by atoms with van der Waals surface area (Å²) in [6.45, 7) is 3.85. The van der Waals surface area contributed by atoms with Crippen molar-refractivity contribution in [2.24, 2.45) is 4.99 Å². The van der Waals surface area contributed by atoms with Crippen LogP contribution < -0.4 is 15.4 Å². The Labute approximate surface area is 166 Å². The van der Waals surface area contributed by atoms with E-state index >= 15 is 0 Å². The highest BCUT2D eigenvalue weighted by molar-refractivity contribution is 7.90. The molecule has 1 unspecified atom stereocenters. The highest BCUT2D eigenvalue weighted by atomic mass is 35.5. The molecule has 0 radical (unpaired) electrons. The van der Waals surface area contributed by atoms with Gasteiger partial charge in [-0.3, -0.25) is 14.5 Å². The Morgan fingerprint density at radius 3 is 2.70 bits per heavy atom. The van der Waals surface area contributed by atoms with Crippen LogP contribution in [0, 0.1) is 0 Å². The van der Waals surface area contributed by atoms with Crippen LogP contribution in [-0.2, 0) is 14.8 Å². The lowest BCUT2D eigenvalue weighted by molar-refractivity contribution is -0.123. The van der Waals surface area contributed by atoms with Crippen molar-refractivity contribution >= 4 is 34.2 Å². The molecule has 1 amide bonds. The first-order chi connectivity index (χ1) is 12.5. The molecule has 2 aliphatic heterocycles. The number of nitrogens with one attached hydrogen (secondary N) is 3. The van der Waals surface area contributed by atoms with Crippen LogP contribution in [0.3, 0.4) is 0 Å². The molecule has 1 aromatic rings. The second kappa shape index (κ2) is 9.52. The van der Waals surface area contributed by atoms with Crippen LogP contribution in [0.25, 0.3) is 0 Å². The zero-order valence-corrected chi connectivity index (χ0v) is 17.0. The van der Waals surface area contributed by atoms with E-state index in [0.29, 0.717) is 12.0 Å². The Morgan fingerprint density at radius 2 is 2.00 bits per heavy atom. The smallest absolute Gasteiger partial charge is 0.263 e. The lowest BCUT2D eigenvalue weighted by Crippen LogP contribution is -2.46. The number of carbonyl (C=O) groups excluding carboxylic acids is 1. The number of sulfonamides is 1. The minimum Gasteiger partial charge on any atom is -0.351 e. The zero-order valence-electron chi connectivity index (χ0n) is 15.4. The fourth-order valence-corrected chi connectivity index (χ4v) is 4.54. The molecule has 9 heteroatoms. The SMILES string of the molecule is CCCCC(N=C1NS(=O)(=O)c2ccccc21)C(=O)NC1CCNCC1.Cl. The maximum atomic E-state index is 12.8. The minimum absolute atomic E-state index is 0. The molecule has 3 rings (SSSR count). The van der Waals surface area contributed by atoms with Crippen molar-refractivity contribution in [1.29, 1.82) is 0 Å². The van der Waals surface area contributed by atoms with Crippen LogP contribution in [0.4, 0.5) is 0 Å². The Kier molecular flexibility index (Phi) is 7.64. The van der Waals surface area contributed by atoms with Crippen LogP contribution in [0.1, 0.15) is 44.6 Å². The van der Waals surface area contributed by atoms with Gasteiger partial charge in [0, 0.05) is 11.6 Å². The predicted molar refractivity (Wildman–Crippen MR) is 108 cm³/mol. The number of amides is 1. The molecule has 2 aliphatic rings. The van der Waals surface area contributed by atoms with Gasteiger partial charge in [0.2, 0.25) is 5.91 Å². The summed E-state index contributed by atoms with van der Waals surface area (Å²) in [5, 5.41) is 6.36. The monoisotopic (exact) mass is 414 g/mol. The lowest BCUT2D eigenvalue weighted by Gasteiger charge is -2.25. The second-order valence-electron chi connectivity index (χ2n) is 6.77.